The number of piperazine rings is 1. The van der Waals surface area contributed by atoms with Gasteiger partial charge in [-0.05, 0) is 44.4 Å². The second kappa shape index (κ2) is 8.90. The Balaban J connectivity index is 1.51. The quantitative estimate of drug-likeness (QED) is 0.574. The van der Waals surface area contributed by atoms with Gasteiger partial charge in [-0.25, -0.2) is 9.97 Å². The molecule has 0 bridgehead atoms. The lowest BCUT2D eigenvalue weighted by Crippen LogP contribution is -2.89. The van der Waals surface area contributed by atoms with E-state index in [-0.39, 0.29) is 22.9 Å². The summed E-state index contributed by atoms with van der Waals surface area (Å²) in [7, 11) is 0. The van der Waals surface area contributed by atoms with Crippen LogP contribution in [0.3, 0.4) is 0 Å². The molecule has 4 heterocycles. The van der Waals surface area contributed by atoms with Crippen molar-refractivity contribution in [3.63, 3.8) is 0 Å². The Morgan fingerprint density at radius 2 is 1.88 bits per heavy atom. The van der Waals surface area contributed by atoms with E-state index in [4.69, 9.17) is 4.98 Å². The third-order valence-electron chi connectivity index (χ3n) is 6.81. The average Bonchev–Trinajstić information content (AvgIpc) is 3.34. The van der Waals surface area contributed by atoms with Crippen LogP contribution in [0.25, 0.3) is 11.0 Å². The lowest BCUT2D eigenvalue weighted by Gasteiger charge is -2.26. The van der Waals surface area contributed by atoms with Gasteiger partial charge in [-0.1, -0.05) is 12.8 Å². The van der Waals surface area contributed by atoms with E-state index < -0.39 is 0 Å². The fourth-order valence-electron chi connectivity index (χ4n) is 5.08. The SMILES string of the molecule is CC(=O)c1c(C)c2cnc(Nc3ccc(N4CC[NH2+]CC4)cn3)nc2n(C2CCCC2)c1=O. The summed E-state index contributed by atoms with van der Waals surface area (Å²) < 4.78 is 1.73. The zero-order valence-electron chi connectivity index (χ0n) is 19.2. The highest BCUT2D eigenvalue weighted by Crippen LogP contribution is 2.32. The molecular formula is C24H30N7O2+. The van der Waals surface area contributed by atoms with Crippen molar-refractivity contribution in [1.82, 2.24) is 19.5 Å². The summed E-state index contributed by atoms with van der Waals surface area (Å²) in [6, 6.07) is 4.04. The number of carbonyl (C=O) groups excluding carboxylic acids is 1. The molecule has 1 aliphatic heterocycles. The standard InChI is InChI=1S/C24H29N7O2/c1-15-19-14-27-24(28-20-8-7-18(13-26-20)30-11-9-25-10-12-30)29-22(19)31(17-5-3-4-6-17)23(33)21(15)16(2)32/h7-8,13-14,17,25H,3-6,9-12H2,1-2H3,(H,26,27,28,29)/p+1. The van der Waals surface area contributed by atoms with Crippen molar-refractivity contribution in [3.05, 3.63) is 46.0 Å². The predicted molar refractivity (Wildman–Crippen MR) is 127 cm³/mol. The Hall–Kier alpha value is -3.33. The Morgan fingerprint density at radius 1 is 1.12 bits per heavy atom. The van der Waals surface area contributed by atoms with Crippen molar-refractivity contribution in [2.75, 3.05) is 36.4 Å². The van der Waals surface area contributed by atoms with Gasteiger partial charge in [0.25, 0.3) is 5.56 Å². The first kappa shape index (κ1) is 21.5. The van der Waals surface area contributed by atoms with E-state index in [0.29, 0.717) is 23.0 Å². The smallest absolute Gasteiger partial charge is 0.263 e. The van der Waals surface area contributed by atoms with Gasteiger partial charge in [0.05, 0.1) is 43.6 Å². The van der Waals surface area contributed by atoms with Gasteiger partial charge in [-0.3, -0.25) is 14.2 Å². The van der Waals surface area contributed by atoms with Crippen LogP contribution in [-0.4, -0.2) is 51.5 Å². The molecule has 9 heteroatoms. The van der Waals surface area contributed by atoms with E-state index in [2.05, 4.69) is 31.6 Å². The zero-order chi connectivity index (χ0) is 22.9. The first-order valence-electron chi connectivity index (χ1n) is 11.8. The second-order valence-corrected chi connectivity index (χ2v) is 8.98. The number of nitrogens with zero attached hydrogens (tertiary/aromatic N) is 5. The lowest BCUT2D eigenvalue weighted by molar-refractivity contribution is -0.655. The summed E-state index contributed by atoms with van der Waals surface area (Å²) in [6.45, 7) is 7.47. The number of nitrogens with one attached hydrogen (secondary N) is 1. The molecule has 5 rings (SSSR count). The number of nitrogens with two attached hydrogens (primary N) is 1. The Bertz CT molecular complexity index is 1240. The molecule has 1 saturated carbocycles. The molecule has 172 valence electrons. The molecule has 3 N–H and O–H groups in total. The molecule has 2 fully saturated rings. The topological polar surface area (TPSA) is 110 Å². The molecule has 33 heavy (non-hydrogen) atoms. The van der Waals surface area contributed by atoms with Gasteiger partial charge in [0.15, 0.2) is 5.78 Å². The van der Waals surface area contributed by atoms with Crippen LogP contribution in [0.2, 0.25) is 0 Å². The number of Topliss-reactive ketones (excluding diaryl/α,β-unsaturated/α-hetero) is 1. The molecule has 3 aromatic rings. The van der Waals surface area contributed by atoms with Crippen molar-refractivity contribution in [2.24, 2.45) is 0 Å². The maximum absolute atomic E-state index is 13.3. The minimum Gasteiger partial charge on any atom is -0.359 e. The molecule has 2 aliphatic rings. The molecule has 0 unspecified atom stereocenters. The highest BCUT2D eigenvalue weighted by Gasteiger charge is 2.26. The third-order valence-corrected chi connectivity index (χ3v) is 6.81. The molecular weight excluding hydrogens is 418 g/mol. The van der Waals surface area contributed by atoms with Gasteiger partial charge in [0.2, 0.25) is 5.95 Å². The number of aromatic nitrogens is 4. The molecule has 0 spiro atoms. The number of rotatable bonds is 5. The van der Waals surface area contributed by atoms with Gasteiger partial charge >= 0.3 is 0 Å². The van der Waals surface area contributed by atoms with Gasteiger partial charge in [0, 0.05) is 17.6 Å². The van der Waals surface area contributed by atoms with Gasteiger partial charge in [-0.2, -0.15) is 4.98 Å². The summed E-state index contributed by atoms with van der Waals surface area (Å²) in [6.07, 6.45) is 7.55. The molecule has 9 nitrogen and oxygen atoms in total. The van der Waals surface area contributed by atoms with E-state index in [1.165, 1.54) is 6.92 Å². The molecule has 3 aromatic heterocycles. The zero-order valence-corrected chi connectivity index (χ0v) is 19.2. The first-order chi connectivity index (χ1) is 16.0. The average molecular weight is 449 g/mol. The first-order valence-corrected chi connectivity index (χ1v) is 11.8. The van der Waals surface area contributed by atoms with Crippen LogP contribution in [0.15, 0.2) is 29.3 Å². The summed E-state index contributed by atoms with van der Waals surface area (Å²) in [5, 5.41) is 6.24. The summed E-state index contributed by atoms with van der Waals surface area (Å²) >= 11 is 0. The Labute approximate surface area is 192 Å². The number of anilines is 3. The summed E-state index contributed by atoms with van der Waals surface area (Å²) in [5.41, 5.74) is 2.32. The Morgan fingerprint density at radius 3 is 2.55 bits per heavy atom. The monoisotopic (exact) mass is 448 g/mol. The molecule has 0 aromatic carbocycles. The third kappa shape index (κ3) is 4.08. The van der Waals surface area contributed by atoms with Crippen LogP contribution in [0, 0.1) is 6.92 Å². The van der Waals surface area contributed by atoms with E-state index in [1.54, 1.807) is 17.7 Å². The number of quaternary nitrogens is 1. The van der Waals surface area contributed by atoms with Crippen LogP contribution < -0.4 is 21.1 Å². The fourth-order valence-corrected chi connectivity index (χ4v) is 5.08. The number of hydrogen-bond acceptors (Lipinski definition) is 7. The number of carbonyl (C=O) groups is 1. The van der Waals surface area contributed by atoms with E-state index in [0.717, 1.165) is 62.9 Å². The van der Waals surface area contributed by atoms with E-state index >= 15 is 0 Å². The van der Waals surface area contributed by atoms with Crippen molar-refractivity contribution in [3.8, 4) is 0 Å². The van der Waals surface area contributed by atoms with Crippen LogP contribution in [0.5, 0.6) is 0 Å². The van der Waals surface area contributed by atoms with Crippen molar-refractivity contribution >= 4 is 34.3 Å². The van der Waals surface area contributed by atoms with Gasteiger partial charge in [0.1, 0.15) is 11.5 Å². The molecule has 1 saturated heterocycles. The van der Waals surface area contributed by atoms with Crippen molar-refractivity contribution < 1.29 is 10.1 Å². The molecule has 0 atom stereocenters. The van der Waals surface area contributed by atoms with Crippen molar-refractivity contribution in [2.45, 2.75) is 45.6 Å². The lowest BCUT2D eigenvalue weighted by atomic mass is 10.0. The maximum atomic E-state index is 13.3. The highest BCUT2D eigenvalue weighted by molar-refractivity contribution is 5.99. The van der Waals surface area contributed by atoms with Crippen LogP contribution in [0.1, 0.15) is 54.6 Å². The largest absolute Gasteiger partial charge is 0.359 e. The minimum atomic E-state index is -0.245. The van der Waals surface area contributed by atoms with E-state index in [9.17, 15) is 9.59 Å². The minimum absolute atomic E-state index is 0.0562. The molecule has 1 aliphatic carbocycles. The highest BCUT2D eigenvalue weighted by atomic mass is 16.1. The van der Waals surface area contributed by atoms with Crippen LogP contribution in [0.4, 0.5) is 17.5 Å². The molecule has 0 radical (unpaired) electrons. The van der Waals surface area contributed by atoms with Gasteiger partial charge in [-0.15, -0.1) is 0 Å². The Kier molecular flexibility index (Phi) is 5.80. The predicted octanol–water partition coefficient (Wildman–Crippen LogP) is 1.94. The van der Waals surface area contributed by atoms with Crippen LogP contribution in [-0.2, 0) is 0 Å². The number of hydrogen-bond donors (Lipinski definition) is 2. The number of aryl methyl sites for hydroxylation is 1. The maximum Gasteiger partial charge on any atom is 0.263 e. The normalized spacial score (nSPS) is 17.0. The fraction of sp³-hybridized carbons (Fsp3) is 0.458. The number of ketones is 1. The van der Waals surface area contributed by atoms with Crippen LogP contribution >= 0.6 is 0 Å². The second-order valence-electron chi connectivity index (χ2n) is 8.98. The molecule has 0 amide bonds. The summed E-state index contributed by atoms with van der Waals surface area (Å²) in [4.78, 5) is 41.7. The number of fused-ring (bicyclic) bond motifs is 1. The number of pyridine rings is 2. The van der Waals surface area contributed by atoms with Gasteiger partial charge < -0.3 is 15.5 Å². The van der Waals surface area contributed by atoms with E-state index in [1.807, 2.05) is 12.3 Å². The van der Waals surface area contributed by atoms with Crippen molar-refractivity contribution in [1.29, 1.82) is 0 Å². The summed E-state index contributed by atoms with van der Waals surface area (Å²) in [5.74, 6) is 0.814.